The van der Waals surface area contributed by atoms with Crippen LogP contribution < -0.4 is 0 Å². The van der Waals surface area contributed by atoms with Gasteiger partial charge in [0.15, 0.2) is 0 Å². The minimum atomic E-state index is -1.33. The highest BCUT2D eigenvalue weighted by Crippen LogP contribution is 2.13. The maximum absolute atomic E-state index is 9.56. The van der Waals surface area contributed by atoms with Crippen LogP contribution >= 0.6 is 0 Å². The SMILES string of the molecule is CCC[C@@H](O)[C@@H](O)[C@H](O)[C@H](O)CCCCO. The van der Waals surface area contributed by atoms with Crippen LogP contribution in [0.25, 0.3) is 0 Å². The second kappa shape index (κ2) is 8.90. The van der Waals surface area contributed by atoms with E-state index in [0.29, 0.717) is 32.1 Å². The molecule has 0 heterocycles. The summed E-state index contributed by atoms with van der Waals surface area (Å²) in [6.07, 6.45) is -2.20. The van der Waals surface area contributed by atoms with Crippen LogP contribution in [0, 0.1) is 0 Å². The lowest BCUT2D eigenvalue weighted by Crippen LogP contribution is -2.44. The van der Waals surface area contributed by atoms with Crippen LogP contribution in [0.15, 0.2) is 0 Å². The topological polar surface area (TPSA) is 101 Å². The van der Waals surface area contributed by atoms with Gasteiger partial charge in [0.1, 0.15) is 12.2 Å². The third kappa shape index (κ3) is 5.77. The van der Waals surface area contributed by atoms with Gasteiger partial charge in [-0.15, -0.1) is 0 Å². The largest absolute Gasteiger partial charge is 0.396 e. The molecule has 0 saturated heterocycles. The van der Waals surface area contributed by atoms with Crippen LogP contribution in [-0.4, -0.2) is 56.6 Å². The quantitative estimate of drug-likeness (QED) is 0.344. The summed E-state index contributed by atoms with van der Waals surface area (Å²) >= 11 is 0. The number of aliphatic hydroxyl groups is 5. The lowest BCUT2D eigenvalue weighted by atomic mass is 9.97. The molecule has 0 amide bonds. The van der Waals surface area contributed by atoms with Crippen LogP contribution in [0.3, 0.4) is 0 Å². The van der Waals surface area contributed by atoms with Gasteiger partial charge in [-0.3, -0.25) is 0 Å². The molecular weight excluding hydrogens is 212 g/mol. The Balaban J connectivity index is 3.94. The molecule has 0 bridgehead atoms. The number of hydrogen-bond donors (Lipinski definition) is 5. The van der Waals surface area contributed by atoms with E-state index in [-0.39, 0.29) is 6.61 Å². The lowest BCUT2D eigenvalue weighted by Gasteiger charge is -2.26. The van der Waals surface area contributed by atoms with E-state index >= 15 is 0 Å². The van der Waals surface area contributed by atoms with Crippen LogP contribution in [0.5, 0.6) is 0 Å². The highest BCUT2D eigenvalue weighted by molar-refractivity contribution is 4.80. The first-order valence-electron chi connectivity index (χ1n) is 5.87. The van der Waals surface area contributed by atoms with Gasteiger partial charge in [0.2, 0.25) is 0 Å². The standard InChI is InChI=1S/C11H24O5/c1-2-5-8(13)10(15)11(16)9(14)6-3-4-7-12/h8-16H,2-7H2,1H3/t8-,9-,10-,11-/m1/s1. The summed E-state index contributed by atoms with van der Waals surface area (Å²) < 4.78 is 0. The summed E-state index contributed by atoms with van der Waals surface area (Å²) in [5.41, 5.74) is 0. The van der Waals surface area contributed by atoms with Crippen molar-refractivity contribution in [1.82, 2.24) is 0 Å². The fourth-order valence-corrected chi connectivity index (χ4v) is 1.56. The summed E-state index contributed by atoms with van der Waals surface area (Å²) in [6, 6.07) is 0. The molecule has 0 aliphatic carbocycles. The molecule has 5 heteroatoms. The molecule has 0 aromatic rings. The van der Waals surface area contributed by atoms with E-state index in [4.69, 9.17) is 5.11 Å². The minimum absolute atomic E-state index is 0.0455. The summed E-state index contributed by atoms with van der Waals surface area (Å²) in [6.45, 7) is 1.91. The van der Waals surface area contributed by atoms with E-state index in [1.807, 2.05) is 6.92 Å². The monoisotopic (exact) mass is 236 g/mol. The Hall–Kier alpha value is -0.200. The molecule has 0 saturated carbocycles. The van der Waals surface area contributed by atoms with Crippen LogP contribution in [0.2, 0.25) is 0 Å². The predicted octanol–water partition coefficient (Wildman–Crippen LogP) is -0.607. The summed E-state index contributed by atoms with van der Waals surface area (Å²) in [5.74, 6) is 0. The second-order valence-electron chi connectivity index (χ2n) is 4.12. The van der Waals surface area contributed by atoms with Gasteiger partial charge in [-0.25, -0.2) is 0 Å². The maximum atomic E-state index is 9.56. The highest BCUT2D eigenvalue weighted by Gasteiger charge is 2.29. The molecule has 5 N–H and O–H groups in total. The summed E-state index contributed by atoms with van der Waals surface area (Å²) in [7, 11) is 0. The molecule has 4 atom stereocenters. The van der Waals surface area contributed by atoms with Crippen molar-refractivity contribution >= 4 is 0 Å². The van der Waals surface area contributed by atoms with E-state index in [2.05, 4.69) is 0 Å². The average molecular weight is 236 g/mol. The molecule has 5 nitrogen and oxygen atoms in total. The van der Waals surface area contributed by atoms with Crippen molar-refractivity contribution in [1.29, 1.82) is 0 Å². The van der Waals surface area contributed by atoms with Crippen molar-refractivity contribution in [2.45, 2.75) is 63.4 Å². The Morgan fingerprint density at radius 1 is 0.812 bits per heavy atom. The minimum Gasteiger partial charge on any atom is -0.396 e. The first-order chi connectivity index (χ1) is 7.54. The predicted molar refractivity (Wildman–Crippen MR) is 59.9 cm³/mol. The Morgan fingerprint density at radius 3 is 1.75 bits per heavy atom. The van der Waals surface area contributed by atoms with Gasteiger partial charge in [0.05, 0.1) is 12.2 Å². The fourth-order valence-electron chi connectivity index (χ4n) is 1.56. The van der Waals surface area contributed by atoms with Crippen molar-refractivity contribution < 1.29 is 25.5 Å². The molecule has 0 unspecified atom stereocenters. The third-order valence-electron chi connectivity index (χ3n) is 2.63. The third-order valence-corrected chi connectivity index (χ3v) is 2.63. The molecule has 98 valence electrons. The second-order valence-corrected chi connectivity index (χ2v) is 4.12. The Morgan fingerprint density at radius 2 is 1.31 bits per heavy atom. The Bertz CT molecular complexity index is 164. The normalized spacial score (nSPS) is 19.1. The maximum Gasteiger partial charge on any atom is 0.108 e. The van der Waals surface area contributed by atoms with Gasteiger partial charge in [-0.05, 0) is 25.7 Å². The molecule has 0 aromatic carbocycles. The van der Waals surface area contributed by atoms with Crippen LogP contribution in [-0.2, 0) is 0 Å². The molecular formula is C11H24O5. The van der Waals surface area contributed by atoms with Crippen molar-refractivity contribution in [3.63, 3.8) is 0 Å². The molecule has 0 aromatic heterocycles. The molecule has 0 rings (SSSR count). The highest BCUT2D eigenvalue weighted by atomic mass is 16.4. The molecule has 16 heavy (non-hydrogen) atoms. The summed E-state index contributed by atoms with van der Waals surface area (Å²) in [4.78, 5) is 0. The number of rotatable bonds is 9. The van der Waals surface area contributed by atoms with E-state index < -0.39 is 24.4 Å². The lowest BCUT2D eigenvalue weighted by molar-refractivity contribution is -0.108. The number of unbranched alkanes of at least 4 members (excludes halogenated alkanes) is 1. The van der Waals surface area contributed by atoms with E-state index in [1.165, 1.54) is 0 Å². The molecule has 0 fully saturated rings. The van der Waals surface area contributed by atoms with Gasteiger partial charge in [0, 0.05) is 6.61 Å². The van der Waals surface area contributed by atoms with Crippen LogP contribution in [0.4, 0.5) is 0 Å². The van der Waals surface area contributed by atoms with Crippen molar-refractivity contribution in [3.8, 4) is 0 Å². The van der Waals surface area contributed by atoms with E-state index in [0.717, 1.165) is 0 Å². The average Bonchev–Trinajstić information content (AvgIpc) is 2.27. The first kappa shape index (κ1) is 15.8. The van der Waals surface area contributed by atoms with Gasteiger partial charge in [-0.1, -0.05) is 13.3 Å². The zero-order chi connectivity index (χ0) is 12.6. The van der Waals surface area contributed by atoms with E-state index in [1.54, 1.807) is 0 Å². The van der Waals surface area contributed by atoms with Crippen molar-refractivity contribution in [2.75, 3.05) is 6.61 Å². The smallest absolute Gasteiger partial charge is 0.108 e. The van der Waals surface area contributed by atoms with E-state index in [9.17, 15) is 20.4 Å². The number of hydrogen-bond acceptors (Lipinski definition) is 5. The molecule has 0 aliphatic rings. The number of aliphatic hydroxyl groups excluding tert-OH is 5. The molecule has 0 aliphatic heterocycles. The molecule has 0 spiro atoms. The van der Waals surface area contributed by atoms with Gasteiger partial charge in [-0.2, -0.15) is 0 Å². The molecule has 0 radical (unpaired) electrons. The first-order valence-corrected chi connectivity index (χ1v) is 5.87. The fraction of sp³-hybridized carbons (Fsp3) is 1.00. The zero-order valence-electron chi connectivity index (χ0n) is 9.79. The van der Waals surface area contributed by atoms with Gasteiger partial charge in [0.25, 0.3) is 0 Å². The Kier molecular flexibility index (Phi) is 8.78. The van der Waals surface area contributed by atoms with Crippen LogP contribution in [0.1, 0.15) is 39.0 Å². The van der Waals surface area contributed by atoms with Crippen molar-refractivity contribution in [3.05, 3.63) is 0 Å². The Labute approximate surface area is 96.4 Å². The van der Waals surface area contributed by atoms with Gasteiger partial charge >= 0.3 is 0 Å². The summed E-state index contributed by atoms with van der Waals surface area (Å²) in [5, 5.41) is 46.6. The van der Waals surface area contributed by atoms with Crippen molar-refractivity contribution in [2.24, 2.45) is 0 Å². The zero-order valence-corrected chi connectivity index (χ0v) is 9.79. The van der Waals surface area contributed by atoms with Gasteiger partial charge < -0.3 is 25.5 Å².